The molecule has 28 heavy (non-hydrogen) atoms. The molecule has 1 heterocycles. The molecule has 0 radical (unpaired) electrons. The van der Waals surface area contributed by atoms with Gasteiger partial charge in [-0.2, -0.15) is 0 Å². The summed E-state index contributed by atoms with van der Waals surface area (Å²) in [5.41, 5.74) is 3.84. The lowest BCUT2D eigenvalue weighted by molar-refractivity contribution is 0.0666. The first-order valence-corrected chi connectivity index (χ1v) is 10.6. The second kappa shape index (κ2) is 7.51. The van der Waals surface area contributed by atoms with Crippen LogP contribution in [-0.4, -0.2) is 33.1 Å². The van der Waals surface area contributed by atoms with Crippen molar-refractivity contribution < 1.29 is 23.1 Å². The maximum absolute atomic E-state index is 12.6. The number of carbonyl (C=O) groups is 1. The minimum absolute atomic E-state index is 0.0401. The van der Waals surface area contributed by atoms with E-state index in [0.29, 0.717) is 4.88 Å². The SMILES string of the molecule is COc1ccc(S(=O)(=O)NC[C@@](C)(O)c2cc3ccccc3s2)cc1C(N)=O. The van der Waals surface area contributed by atoms with E-state index in [1.807, 2.05) is 30.3 Å². The summed E-state index contributed by atoms with van der Waals surface area (Å²) in [5, 5.41) is 11.8. The van der Waals surface area contributed by atoms with Gasteiger partial charge in [0.1, 0.15) is 11.4 Å². The maximum atomic E-state index is 12.6. The molecule has 1 atom stereocenters. The third-order valence-corrected chi connectivity index (χ3v) is 7.08. The monoisotopic (exact) mass is 420 g/mol. The van der Waals surface area contributed by atoms with E-state index in [1.54, 1.807) is 6.92 Å². The van der Waals surface area contributed by atoms with Crippen LogP contribution in [0.1, 0.15) is 22.2 Å². The number of benzene rings is 2. The van der Waals surface area contributed by atoms with Crippen LogP contribution in [-0.2, 0) is 15.6 Å². The standard InChI is InChI=1S/C19H20N2O5S2/c1-19(23,17-9-12-5-3-4-6-16(12)27-17)11-21-28(24,25)13-7-8-15(26-2)14(10-13)18(20)22/h3-10,21,23H,11H2,1-2H3,(H2,20,22)/t19-/m1/s1. The predicted molar refractivity (Wildman–Crippen MR) is 108 cm³/mol. The van der Waals surface area contributed by atoms with Crippen LogP contribution < -0.4 is 15.2 Å². The number of methoxy groups -OCH3 is 1. The van der Waals surface area contributed by atoms with Gasteiger partial charge >= 0.3 is 0 Å². The van der Waals surface area contributed by atoms with Gasteiger partial charge in [0.05, 0.1) is 17.6 Å². The van der Waals surface area contributed by atoms with Crippen LogP contribution >= 0.6 is 11.3 Å². The Morgan fingerprint density at radius 2 is 1.96 bits per heavy atom. The Balaban J connectivity index is 1.84. The molecule has 0 bridgehead atoms. The molecule has 3 aromatic rings. The molecular weight excluding hydrogens is 400 g/mol. The zero-order valence-electron chi connectivity index (χ0n) is 15.3. The topological polar surface area (TPSA) is 119 Å². The third-order valence-electron chi connectivity index (χ3n) is 4.31. The molecule has 148 valence electrons. The number of hydrogen-bond donors (Lipinski definition) is 3. The molecular formula is C19H20N2O5S2. The number of fused-ring (bicyclic) bond motifs is 1. The molecule has 9 heteroatoms. The Bertz CT molecular complexity index is 1100. The molecule has 0 unspecified atom stereocenters. The summed E-state index contributed by atoms with van der Waals surface area (Å²) in [6, 6.07) is 13.3. The van der Waals surface area contributed by atoms with Crippen molar-refractivity contribution in [2.45, 2.75) is 17.4 Å². The van der Waals surface area contributed by atoms with Crippen LogP contribution in [0, 0.1) is 0 Å². The van der Waals surface area contributed by atoms with E-state index in [9.17, 15) is 18.3 Å². The van der Waals surface area contributed by atoms with E-state index in [1.165, 1.54) is 30.6 Å². The number of hydrogen-bond acceptors (Lipinski definition) is 6. The van der Waals surface area contributed by atoms with E-state index < -0.39 is 21.5 Å². The number of ether oxygens (including phenoxy) is 1. The van der Waals surface area contributed by atoms with Crippen LogP contribution in [0.2, 0.25) is 0 Å². The second-order valence-electron chi connectivity index (χ2n) is 6.47. The molecule has 1 aromatic heterocycles. The minimum atomic E-state index is -3.98. The molecule has 0 fully saturated rings. The fourth-order valence-corrected chi connectivity index (χ4v) is 4.96. The van der Waals surface area contributed by atoms with Gasteiger partial charge in [0.25, 0.3) is 5.91 Å². The highest BCUT2D eigenvalue weighted by Crippen LogP contribution is 2.33. The van der Waals surface area contributed by atoms with Gasteiger partial charge in [-0.25, -0.2) is 13.1 Å². The van der Waals surface area contributed by atoms with Crippen molar-refractivity contribution in [3.8, 4) is 5.75 Å². The first-order valence-electron chi connectivity index (χ1n) is 8.33. The van der Waals surface area contributed by atoms with Crippen molar-refractivity contribution in [1.82, 2.24) is 4.72 Å². The van der Waals surface area contributed by atoms with Crippen LogP contribution in [0.5, 0.6) is 5.75 Å². The summed E-state index contributed by atoms with van der Waals surface area (Å²) in [6.45, 7) is 1.31. The predicted octanol–water partition coefficient (Wildman–Crippen LogP) is 2.19. The number of carbonyl (C=O) groups excluding carboxylic acids is 1. The smallest absolute Gasteiger partial charge is 0.252 e. The van der Waals surface area contributed by atoms with Gasteiger partial charge in [0, 0.05) is 16.1 Å². The molecule has 0 aliphatic rings. The Hall–Kier alpha value is -2.46. The number of amides is 1. The van der Waals surface area contributed by atoms with E-state index in [-0.39, 0.29) is 22.8 Å². The van der Waals surface area contributed by atoms with E-state index in [0.717, 1.165) is 16.2 Å². The average molecular weight is 421 g/mol. The summed E-state index contributed by atoms with van der Waals surface area (Å²) >= 11 is 1.40. The van der Waals surface area contributed by atoms with Crippen LogP contribution in [0.4, 0.5) is 0 Å². The minimum Gasteiger partial charge on any atom is -0.496 e. The Labute approximate surface area is 166 Å². The number of aliphatic hydroxyl groups is 1. The molecule has 4 N–H and O–H groups in total. The molecule has 0 spiro atoms. The zero-order chi connectivity index (χ0) is 20.5. The van der Waals surface area contributed by atoms with Crippen molar-refractivity contribution in [3.05, 3.63) is 59.0 Å². The van der Waals surface area contributed by atoms with E-state index in [2.05, 4.69) is 4.72 Å². The van der Waals surface area contributed by atoms with Gasteiger partial charge in [0.15, 0.2) is 0 Å². The first-order chi connectivity index (χ1) is 13.1. The molecule has 3 rings (SSSR count). The molecule has 1 amide bonds. The number of thiophene rings is 1. The van der Waals surface area contributed by atoms with Crippen molar-refractivity contribution in [2.75, 3.05) is 13.7 Å². The number of nitrogens with one attached hydrogen (secondary N) is 1. The van der Waals surface area contributed by atoms with Gasteiger partial charge in [-0.1, -0.05) is 18.2 Å². The lowest BCUT2D eigenvalue weighted by Gasteiger charge is -2.22. The summed E-state index contributed by atoms with van der Waals surface area (Å²) in [4.78, 5) is 12.0. The molecule has 2 aromatic carbocycles. The third kappa shape index (κ3) is 4.02. The molecule has 0 saturated carbocycles. The highest BCUT2D eigenvalue weighted by atomic mass is 32.2. The molecule has 0 aliphatic heterocycles. The van der Waals surface area contributed by atoms with Crippen LogP contribution in [0.25, 0.3) is 10.1 Å². The average Bonchev–Trinajstić information content (AvgIpc) is 3.11. The summed E-state index contributed by atoms with van der Waals surface area (Å²) in [5.74, 6) is -0.616. The summed E-state index contributed by atoms with van der Waals surface area (Å²) < 4.78 is 33.7. The van der Waals surface area contributed by atoms with E-state index in [4.69, 9.17) is 10.5 Å². The van der Waals surface area contributed by atoms with Gasteiger partial charge in [0.2, 0.25) is 10.0 Å². The largest absolute Gasteiger partial charge is 0.496 e. The number of rotatable bonds is 7. The molecule has 7 nitrogen and oxygen atoms in total. The van der Waals surface area contributed by atoms with Gasteiger partial charge in [-0.15, -0.1) is 11.3 Å². The quantitative estimate of drug-likeness (QED) is 0.541. The normalized spacial score (nSPS) is 14.0. The summed E-state index contributed by atoms with van der Waals surface area (Å²) in [7, 11) is -2.62. The van der Waals surface area contributed by atoms with Gasteiger partial charge < -0.3 is 15.6 Å². The maximum Gasteiger partial charge on any atom is 0.252 e. The second-order valence-corrected chi connectivity index (χ2v) is 9.32. The fraction of sp³-hybridized carbons (Fsp3) is 0.211. The van der Waals surface area contributed by atoms with Crippen molar-refractivity contribution in [2.24, 2.45) is 5.73 Å². The number of primary amides is 1. The van der Waals surface area contributed by atoms with Crippen molar-refractivity contribution in [1.29, 1.82) is 0 Å². The van der Waals surface area contributed by atoms with Gasteiger partial charge in [-0.05, 0) is 42.6 Å². The van der Waals surface area contributed by atoms with Crippen LogP contribution in [0.3, 0.4) is 0 Å². The van der Waals surface area contributed by atoms with Crippen LogP contribution in [0.15, 0.2) is 53.4 Å². The van der Waals surface area contributed by atoms with Gasteiger partial charge in [-0.3, -0.25) is 4.79 Å². The van der Waals surface area contributed by atoms with Crippen molar-refractivity contribution >= 4 is 37.4 Å². The lowest BCUT2D eigenvalue weighted by atomic mass is 10.1. The Morgan fingerprint density at radius 3 is 2.61 bits per heavy atom. The lowest BCUT2D eigenvalue weighted by Crippen LogP contribution is -2.38. The molecule has 0 aliphatic carbocycles. The Kier molecular flexibility index (Phi) is 5.44. The highest BCUT2D eigenvalue weighted by Gasteiger charge is 2.28. The number of sulfonamides is 1. The zero-order valence-corrected chi connectivity index (χ0v) is 16.9. The summed E-state index contributed by atoms with van der Waals surface area (Å²) in [6.07, 6.45) is 0. The number of nitrogens with two attached hydrogens (primary N) is 1. The molecule has 0 saturated heterocycles. The fourth-order valence-electron chi connectivity index (χ4n) is 2.70. The van der Waals surface area contributed by atoms with Crippen molar-refractivity contribution in [3.63, 3.8) is 0 Å². The first kappa shape index (κ1) is 20.3. The van der Waals surface area contributed by atoms with E-state index >= 15 is 0 Å². The highest BCUT2D eigenvalue weighted by molar-refractivity contribution is 7.89. The Morgan fingerprint density at radius 1 is 1.25 bits per heavy atom.